The van der Waals surface area contributed by atoms with Crippen LogP contribution in [0.5, 0.6) is 0 Å². The number of para-hydroxylation sites is 1. The smallest absolute Gasteiger partial charge is 0.274 e. The maximum absolute atomic E-state index is 16.1. The van der Waals surface area contributed by atoms with E-state index in [2.05, 4.69) is 5.32 Å². The molecule has 0 fully saturated rings. The Kier molecular flexibility index (Phi) is 30.1. The molecule has 0 aliphatic heterocycles. The Hall–Kier alpha value is -12.4. The summed E-state index contributed by atoms with van der Waals surface area (Å²) in [6, 6.07) is 72.2. The van der Waals surface area contributed by atoms with Gasteiger partial charge in [0.05, 0.1) is 66.3 Å². The van der Waals surface area contributed by atoms with Crippen molar-refractivity contribution in [1.29, 1.82) is 0 Å². The van der Waals surface area contributed by atoms with E-state index in [9.17, 15) is 24.5 Å². The van der Waals surface area contributed by atoms with Gasteiger partial charge in [-0.1, -0.05) is 261 Å². The number of nitro benzene ring substituents is 1. The van der Waals surface area contributed by atoms with E-state index in [0.29, 0.717) is 44.5 Å². The molecule has 0 spiro atoms. The number of rotatable bonds is 37. The molecule has 22 heteroatoms. The van der Waals surface area contributed by atoms with Crippen molar-refractivity contribution in [1.82, 2.24) is 44.5 Å². The van der Waals surface area contributed by atoms with Crippen molar-refractivity contribution in [3.05, 3.63) is 327 Å². The van der Waals surface area contributed by atoms with E-state index in [4.69, 9.17) is 5.73 Å². The van der Waals surface area contributed by atoms with Gasteiger partial charge in [-0.25, -0.2) is 0 Å². The predicted molar refractivity (Wildman–Crippen MR) is 431 cm³/mol. The third-order valence-electron chi connectivity index (χ3n) is 21.2. The Labute approximate surface area is 656 Å². The van der Waals surface area contributed by atoms with Gasteiger partial charge in [0, 0.05) is 17.7 Å². The minimum atomic E-state index is -0.847. The number of nitrogens with two attached hydrogens (primary N) is 1. The molecule has 112 heavy (non-hydrogen) atoms. The molecule has 9 aromatic carbocycles. The summed E-state index contributed by atoms with van der Waals surface area (Å²) in [5.41, 5.74) is 11.4. The lowest BCUT2D eigenvalue weighted by molar-refractivity contribution is -0.385. The maximum atomic E-state index is 16.1. The number of nitrogens with one attached hydrogen (secondary N) is 1. The molecule has 0 aliphatic carbocycles. The van der Waals surface area contributed by atoms with Crippen LogP contribution in [0.4, 0.5) is 5.69 Å². The molecule has 0 bridgehead atoms. The second kappa shape index (κ2) is 40.3. The molecular formula is C90H101N11O11. The highest BCUT2D eigenvalue weighted by atomic mass is 16.6. The van der Waals surface area contributed by atoms with Gasteiger partial charge in [0.1, 0.15) is 45.8 Å². The normalized spacial score (nSPS) is 13.5. The van der Waals surface area contributed by atoms with Crippen LogP contribution in [0.3, 0.4) is 0 Å². The van der Waals surface area contributed by atoms with E-state index in [-0.39, 0.29) is 12.2 Å². The fourth-order valence-corrected chi connectivity index (χ4v) is 14.1. The number of benzene rings is 9. The molecule has 9 atom stereocenters. The summed E-state index contributed by atoms with van der Waals surface area (Å²) in [4.78, 5) is 160. The average molecular weight is 1510 g/mol. The highest BCUT2D eigenvalue weighted by Gasteiger charge is 2.39. The van der Waals surface area contributed by atoms with Crippen molar-refractivity contribution in [2.24, 2.45) is 5.73 Å². The first-order valence-corrected chi connectivity index (χ1v) is 37.8. The van der Waals surface area contributed by atoms with E-state index >= 15 is 28.8 Å². The Morgan fingerprint density at radius 3 is 0.634 bits per heavy atom. The number of carbonyl (C=O) groups is 9. The van der Waals surface area contributed by atoms with Crippen LogP contribution in [-0.4, -0.2) is 156 Å². The fraction of sp³-hybridized carbons (Fsp3) is 0.300. The van der Waals surface area contributed by atoms with Gasteiger partial charge in [-0.3, -0.25) is 53.3 Å². The van der Waals surface area contributed by atoms with Crippen molar-refractivity contribution < 1.29 is 48.1 Å². The lowest BCUT2D eigenvalue weighted by Gasteiger charge is -2.39. The van der Waals surface area contributed by atoms with E-state index in [1.54, 1.807) is 105 Å². The molecule has 9 amide bonds. The molecule has 0 aliphatic rings. The molecule has 582 valence electrons. The summed E-state index contributed by atoms with van der Waals surface area (Å²) >= 11 is 0. The maximum Gasteiger partial charge on any atom is 0.274 e. The molecule has 0 aromatic heterocycles. The van der Waals surface area contributed by atoms with Crippen LogP contribution in [0, 0.1) is 10.1 Å². The minimum Gasteiger partial charge on any atom is -0.368 e. The van der Waals surface area contributed by atoms with Crippen LogP contribution in [0.1, 0.15) is 167 Å². The standard InChI is InChI=1S/C90H101N11O11/c1-63(80-52-34-35-53-81(80)101(111)112)92-54-83(103)94(65(3)73-38-20-11-21-39-73)56-85(105)96(67(5)75-42-24-13-25-43-75)58-87(107)98(69(7)77-46-28-15-29-47-77)60-89(109)100(71(9)79-50-32-17-33-51-79)62-90(110)99(70(8)78-48-30-16-31-49-78)61-88(108)97(68(6)76-44-26-14-27-45-76)59-86(106)95(66(4)74-40-22-12-23-41-74)57-84(104)93(55-82(91)102)64(2)72-36-18-10-19-37-72/h10-53,63-71,92H,54-62H2,1-9H3,(H2,91,102)/t63-,64-,65-,66-,67-,68-,69-,70-,71-/m0/s1. The summed E-state index contributed by atoms with van der Waals surface area (Å²) in [6.07, 6.45) is 0. The lowest BCUT2D eigenvalue weighted by Crippen LogP contribution is -2.53. The Morgan fingerprint density at radius 1 is 0.277 bits per heavy atom. The van der Waals surface area contributed by atoms with Gasteiger partial charge in [-0.2, -0.15) is 0 Å². The highest BCUT2D eigenvalue weighted by molar-refractivity contribution is 5.95. The van der Waals surface area contributed by atoms with Gasteiger partial charge in [0.25, 0.3) is 5.69 Å². The number of nitrogens with zero attached hydrogens (tertiary/aromatic N) is 9. The van der Waals surface area contributed by atoms with Gasteiger partial charge in [0.2, 0.25) is 53.2 Å². The third-order valence-corrected chi connectivity index (χ3v) is 21.2. The quantitative estimate of drug-likeness (QED) is 0.0272. The summed E-state index contributed by atoms with van der Waals surface area (Å²) in [5.74, 6) is -5.68. The molecule has 0 unspecified atom stereocenters. The highest BCUT2D eigenvalue weighted by Crippen LogP contribution is 2.33. The third kappa shape index (κ3) is 22.0. The summed E-state index contributed by atoms with van der Waals surface area (Å²) < 4.78 is 0. The molecule has 3 N–H and O–H groups in total. The first-order valence-electron chi connectivity index (χ1n) is 37.8. The molecular weight excluding hydrogens is 1410 g/mol. The van der Waals surface area contributed by atoms with Crippen LogP contribution >= 0.6 is 0 Å². The van der Waals surface area contributed by atoms with Crippen LogP contribution in [0.15, 0.2) is 267 Å². The Balaban J connectivity index is 1.06. The monoisotopic (exact) mass is 1510 g/mol. The molecule has 0 radical (unpaired) electrons. The van der Waals surface area contributed by atoms with E-state index < -0.39 is 165 Å². The summed E-state index contributed by atoms with van der Waals surface area (Å²) in [6.45, 7) is 11.1. The van der Waals surface area contributed by atoms with Crippen LogP contribution < -0.4 is 11.1 Å². The lowest BCUT2D eigenvalue weighted by atomic mass is 10.0. The minimum absolute atomic E-state index is 0.123. The first-order chi connectivity index (χ1) is 53.8. The largest absolute Gasteiger partial charge is 0.368 e. The topological polar surface area (TPSA) is 261 Å². The molecule has 0 heterocycles. The number of hydrogen-bond acceptors (Lipinski definition) is 12. The fourth-order valence-electron chi connectivity index (χ4n) is 14.1. The SMILES string of the molecule is C[C@H](NCC(=O)N(CC(=O)N(CC(=O)N(CC(=O)N(CC(=O)N(CC(=O)N(CC(=O)N(CC(=O)N(CC(N)=O)[C@@H](C)c1ccccc1)[C@@H](C)c1ccccc1)[C@@H](C)c1ccccc1)[C@@H](C)c1ccccc1)[C@@H](C)c1ccccc1)[C@@H](C)c1ccccc1)[C@@H](C)c1ccccc1)[C@@H](C)c1ccccc1)c1ccccc1[N+](=O)[O-]. The van der Waals surface area contributed by atoms with Crippen LogP contribution in [-0.2, 0) is 43.2 Å². The second-order valence-corrected chi connectivity index (χ2v) is 28.3. The Bertz CT molecular complexity index is 4610. The number of carbonyl (C=O) groups excluding carboxylic acids is 9. The zero-order chi connectivity index (χ0) is 80.5. The number of hydrogen-bond donors (Lipinski definition) is 2. The zero-order valence-electron chi connectivity index (χ0n) is 65.1. The van der Waals surface area contributed by atoms with E-state index in [1.165, 1.54) is 45.3 Å². The predicted octanol–water partition coefficient (Wildman–Crippen LogP) is 13.4. The van der Waals surface area contributed by atoms with Crippen LogP contribution in [0.2, 0.25) is 0 Å². The van der Waals surface area contributed by atoms with Crippen molar-refractivity contribution in [3.8, 4) is 0 Å². The summed E-state index contributed by atoms with van der Waals surface area (Å²) in [7, 11) is 0. The molecule has 9 aromatic rings. The molecule has 22 nitrogen and oxygen atoms in total. The number of primary amides is 1. The van der Waals surface area contributed by atoms with Gasteiger partial charge in [-0.15, -0.1) is 0 Å². The summed E-state index contributed by atoms with van der Waals surface area (Å²) in [5, 5.41) is 15.2. The molecule has 0 saturated carbocycles. The van der Waals surface area contributed by atoms with Crippen molar-refractivity contribution in [3.63, 3.8) is 0 Å². The molecule has 0 saturated heterocycles. The van der Waals surface area contributed by atoms with Crippen molar-refractivity contribution >= 4 is 58.9 Å². The number of amides is 9. The van der Waals surface area contributed by atoms with Gasteiger partial charge >= 0.3 is 0 Å². The van der Waals surface area contributed by atoms with E-state index in [1.807, 2.05) is 218 Å². The average Bonchev–Trinajstić information content (AvgIpc) is 0.784. The van der Waals surface area contributed by atoms with Crippen LogP contribution in [0.25, 0.3) is 0 Å². The van der Waals surface area contributed by atoms with E-state index in [0.717, 1.165) is 5.56 Å². The number of nitro groups is 1. The first kappa shape index (κ1) is 83.6. The zero-order valence-corrected chi connectivity index (χ0v) is 65.1. The van der Waals surface area contributed by atoms with Crippen molar-refractivity contribution in [2.45, 2.75) is 117 Å². The van der Waals surface area contributed by atoms with Gasteiger partial charge in [-0.05, 0) is 107 Å². The molecule has 9 rings (SSSR count). The van der Waals surface area contributed by atoms with Gasteiger partial charge in [0.15, 0.2) is 0 Å². The Morgan fingerprint density at radius 2 is 0.446 bits per heavy atom. The second-order valence-electron chi connectivity index (χ2n) is 28.3. The van der Waals surface area contributed by atoms with Crippen molar-refractivity contribution in [2.75, 3.05) is 58.9 Å². The van der Waals surface area contributed by atoms with Gasteiger partial charge < -0.3 is 50.2 Å².